The third kappa shape index (κ3) is 5.50. The summed E-state index contributed by atoms with van der Waals surface area (Å²) in [5.74, 6) is 0.912. The summed E-state index contributed by atoms with van der Waals surface area (Å²) in [7, 11) is -3.67. The van der Waals surface area contributed by atoms with Gasteiger partial charge in [0.1, 0.15) is 5.69 Å². The molecule has 0 atom stereocenters. The minimum atomic E-state index is -3.67. The minimum Gasteiger partial charge on any atom is -0.415 e. The number of anilines is 3. The van der Waals surface area contributed by atoms with E-state index in [0.29, 0.717) is 41.1 Å². The SMILES string of the molecule is Cc1cc(-c2nnc(-c3ccc(NS(=O)(=O)CCO)cc3N3CCC4(CC3)CC4)o2)nc(N2CCOC3(CC3)C2)n1. The van der Waals surface area contributed by atoms with Gasteiger partial charge in [0.25, 0.3) is 5.89 Å². The van der Waals surface area contributed by atoms with Crippen LogP contribution >= 0.6 is 0 Å². The highest BCUT2D eigenvalue weighted by Gasteiger charge is 2.48. The number of nitrogens with zero attached hydrogens (tertiary/aromatic N) is 6. The quantitative estimate of drug-likeness (QED) is 0.405. The Labute approximate surface area is 239 Å². The number of hydrogen-bond donors (Lipinski definition) is 2. The fourth-order valence-corrected chi connectivity index (χ4v) is 6.81. The fraction of sp³-hybridized carbons (Fsp3) is 0.571. The van der Waals surface area contributed by atoms with E-state index >= 15 is 0 Å². The van der Waals surface area contributed by atoms with E-state index in [9.17, 15) is 8.42 Å². The van der Waals surface area contributed by atoms with Crippen molar-refractivity contribution in [2.45, 2.75) is 51.0 Å². The molecule has 0 bridgehead atoms. The number of piperidine rings is 1. The number of sulfonamides is 1. The topological polar surface area (TPSA) is 147 Å². The van der Waals surface area contributed by atoms with Gasteiger partial charge in [-0.2, -0.15) is 0 Å². The molecule has 13 heteroatoms. The Bertz CT molecular complexity index is 1560. The first-order valence-electron chi connectivity index (χ1n) is 14.3. The Hall–Kier alpha value is -3.29. The highest BCUT2D eigenvalue weighted by Crippen LogP contribution is 2.54. The summed E-state index contributed by atoms with van der Waals surface area (Å²) in [5, 5.41) is 17.9. The van der Waals surface area contributed by atoms with Gasteiger partial charge in [-0.05, 0) is 75.1 Å². The highest BCUT2D eigenvalue weighted by atomic mass is 32.2. The normalized spacial score (nSPS) is 20.9. The van der Waals surface area contributed by atoms with E-state index in [-0.39, 0.29) is 11.4 Å². The Morgan fingerprint density at radius 1 is 0.976 bits per heavy atom. The molecular weight excluding hydrogens is 546 g/mol. The number of rotatable bonds is 8. The monoisotopic (exact) mass is 581 g/mol. The lowest BCUT2D eigenvalue weighted by atomic mass is 9.93. The predicted octanol–water partition coefficient (Wildman–Crippen LogP) is 2.99. The Balaban J connectivity index is 1.19. The van der Waals surface area contributed by atoms with Crippen molar-refractivity contribution in [2.75, 3.05) is 59.7 Å². The van der Waals surface area contributed by atoms with Gasteiger partial charge in [-0.25, -0.2) is 18.4 Å². The van der Waals surface area contributed by atoms with Crippen LogP contribution in [0.4, 0.5) is 17.3 Å². The number of ether oxygens (including phenoxy) is 1. The van der Waals surface area contributed by atoms with Gasteiger partial charge in [0, 0.05) is 31.9 Å². The molecule has 12 nitrogen and oxygen atoms in total. The number of aliphatic hydroxyl groups is 1. The molecule has 2 aliphatic heterocycles. The molecular formula is C28H35N7O5S. The standard InChI is InChI=1S/C28H35N7O5S/c1-19-16-22(30-26(29-19)35-12-14-39-28(18-35)6-7-28)25-32-31-24(40-25)21-3-2-20(33-41(37,38)15-13-36)17-23(21)34-10-8-27(4-5-27)9-11-34/h2-3,16-17,33,36H,4-15,18H2,1H3. The fourth-order valence-electron chi connectivity index (χ4n) is 5.98. The smallest absolute Gasteiger partial charge is 0.266 e. The van der Waals surface area contributed by atoms with Crippen molar-refractivity contribution >= 4 is 27.3 Å². The van der Waals surface area contributed by atoms with Crippen molar-refractivity contribution < 1.29 is 22.7 Å². The molecule has 218 valence electrons. The van der Waals surface area contributed by atoms with Crippen LogP contribution in [0.25, 0.3) is 23.0 Å². The maximum absolute atomic E-state index is 12.4. The van der Waals surface area contributed by atoms with E-state index in [1.807, 2.05) is 25.1 Å². The maximum atomic E-state index is 12.4. The third-order valence-electron chi connectivity index (χ3n) is 8.81. The summed E-state index contributed by atoms with van der Waals surface area (Å²) in [5.41, 5.74) is 3.80. The summed E-state index contributed by atoms with van der Waals surface area (Å²) in [4.78, 5) is 13.9. The first-order valence-corrected chi connectivity index (χ1v) is 16.0. The second-order valence-electron chi connectivity index (χ2n) is 11.9. The van der Waals surface area contributed by atoms with Crippen molar-refractivity contribution in [1.29, 1.82) is 0 Å². The molecule has 2 spiro atoms. The second kappa shape index (κ2) is 9.92. The van der Waals surface area contributed by atoms with Crippen LogP contribution in [0.2, 0.25) is 0 Å². The van der Waals surface area contributed by atoms with E-state index in [2.05, 4.69) is 29.7 Å². The van der Waals surface area contributed by atoms with Crippen molar-refractivity contribution in [3.63, 3.8) is 0 Å². The molecule has 1 aromatic carbocycles. The molecule has 4 heterocycles. The summed E-state index contributed by atoms with van der Waals surface area (Å²) in [6.45, 7) is 5.39. The van der Waals surface area contributed by atoms with E-state index in [1.54, 1.807) is 6.07 Å². The average Bonchev–Trinajstić information content (AvgIpc) is 3.83. The molecule has 2 N–H and O–H groups in total. The molecule has 2 aliphatic carbocycles. The first-order chi connectivity index (χ1) is 19.7. The van der Waals surface area contributed by atoms with Crippen LogP contribution in [0.5, 0.6) is 0 Å². The lowest BCUT2D eigenvalue weighted by Crippen LogP contribution is -2.44. The number of nitrogens with one attached hydrogen (secondary N) is 1. The summed E-state index contributed by atoms with van der Waals surface area (Å²) >= 11 is 0. The van der Waals surface area contributed by atoms with Crippen LogP contribution in [0.3, 0.4) is 0 Å². The number of benzene rings is 1. The molecule has 4 fully saturated rings. The zero-order valence-electron chi connectivity index (χ0n) is 23.2. The van der Waals surface area contributed by atoms with Crippen LogP contribution in [0, 0.1) is 12.3 Å². The maximum Gasteiger partial charge on any atom is 0.266 e. The van der Waals surface area contributed by atoms with E-state index in [1.165, 1.54) is 12.8 Å². The lowest BCUT2D eigenvalue weighted by Gasteiger charge is -2.35. The molecule has 2 saturated heterocycles. The molecule has 0 unspecified atom stereocenters. The van der Waals surface area contributed by atoms with Crippen LogP contribution < -0.4 is 14.5 Å². The van der Waals surface area contributed by atoms with Gasteiger partial charge in [-0.3, -0.25) is 4.72 Å². The van der Waals surface area contributed by atoms with Crippen LogP contribution in [-0.2, 0) is 14.8 Å². The van der Waals surface area contributed by atoms with Gasteiger partial charge in [-0.1, -0.05) is 0 Å². The predicted molar refractivity (Wildman–Crippen MR) is 153 cm³/mol. The van der Waals surface area contributed by atoms with Crippen LogP contribution in [-0.4, -0.2) is 84.4 Å². The first kappa shape index (κ1) is 26.6. The molecule has 4 aliphatic rings. The molecule has 0 radical (unpaired) electrons. The largest absolute Gasteiger partial charge is 0.415 e. The highest BCUT2D eigenvalue weighted by molar-refractivity contribution is 7.92. The summed E-state index contributed by atoms with van der Waals surface area (Å²) < 4.78 is 39.5. The molecule has 3 aromatic rings. The molecule has 7 rings (SSSR count). The van der Waals surface area contributed by atoms with Crippen LogP contribution in [0.1, 0.15) is 44.2 Å². The van der Waals surface area contributed by atoms with E-state index in [0.717, 1.165) is 68.8 Å². The lowest BCUT2D eigenvalue weighted by molar-refractivity contribution is 0.0201. The molecule has 2 saturated carbocycles. The Morgan fingerprint density at radius 2 is 1.76 bits per heavy atom. The van der Waals surface area contributed by atoms with Gasteiger partial charge in [-0.15, -0.1) is 10.2 Å². The number of morpholine rings is 1. The number of aryl methyl sites for hydroxylation is 1. The van der Waals surface area contributed by atoms with Gasteiger partial charge in [0.2, 0.25) is 21.9 Å². The van der Waals surface area contributed by atoms with Gasteiger partial charge in [0.15, 0.2) is 0 Å². The molecule has 2 aromatic heterocycles. The number of hydrogen-bond acceptors (Lipinski definition) is 11. The average molecular weight is 582 g/mol. The van der Waals surface area contributed by atoms with E-state index < -0.39 is 16.6 Å². The van der Waals surface area contributed by atoms with Crippen molar-refractivity contribution in [3.8, 4) is 23.0 Å². The zero-order valence-corrected chi connectivity index (χ0v) is 24.0. The summed E-state index contributed by atoms with van der Waals surface area (Å²) in [6.07, 6.45) is 6.91. The van der Waals surface area contributed by atoms with E-state index in [4.69, 9.17) is 19.2 Å². The number of aliphatic hydroxyl groups excluding tert-OH is 1. The van der Waals surface area contributed by atoms with Crippen LogP contribution in [0.15, 0.2) is 28.7 Å². The van der Waals surface area contributed by atoms with Crippen molar-refractivity contribution in [2.24, 2.45) is 5.41 Å². The minimum absolute atomic E-state index is 0.0500. The summed E-state index contributed by atoms with van der Waals surface area (Å²) in [6, 6.07) is 7.15. The van der Waals surface area contributed by atoms with Gasteiger partial charge >= 0.3 is 0 Å². The third-order valence-corrected chi connectivity index (χ3v) is 10.1. The Morgan fingerprint density at radius 3 is 2.49 bits per heavy atom. The zero-order chi connectivity index (χ0) is 28.2. The van der Waals surface area contributed by atoms with Crippen molar-refractivity contribution in [1.82, 2.24) is 20.2 Å². The molecule has 41 heavy (non-hydrogen) atoms. The van der Waals surface area contributed by atoms with Crippen molar-refractivity contribution in [3.05, 3.63) is 30.0 Å². The van der Waals surface area contributed by atoms with Gasteiger partial charge < -0.3 is 24.1 Å². The van der Waals surface area contributed by atoms with Gasteiger partial charge in [0.05, 0.1) is 41.5 Å². The molecule has 0 amide bonds. The number of aromatic nitrogens is 4. The second-order valence-corrected chi connectivity index (χ2v) is 13.8. The Kier molecular flexibility index (Phi) is 6.43.